The lowest BCUT2D eigenvalue weighted by molar-refractivity contribution is 0.661. The van der Waals surface area contributed by atoms with Crippen LogP contribution in [0.25, 0.3) is 138 Å². The molecule has 0 saturated heterocycles. The summed E-state index contributed by atoms with van der Waals surface area (Å²) in [4.78, 5) is 11.4. The zero-order valence-electron chi connectivity index (χ0n) is 37.0. The van der Waals surface area contributed by atoms with Crippen LogP contribution in [-0.4, -0.2) is 23.7 Å². The number of fused-ring (bicyclic) bond motifs is 18. The maximum Gasteiger partial charge on any atom is 0.238 e. The lowest BCUT2D eigenvalue weighted by Crippen LogP contribution is -2.15. The van der Waals surface area contributed by atoms with Crippen LogP contribution >= 0.6 is 0 Å². The van der Waals surface area contributed by atoms with Crippen LogP contribution < -0.4 is 0 Å². The summed E-state index contributed by atoms with van der Waals surface area (Å²) in [5.74, 6) is 2.05. The van der Waals surface area contributed by atoms with E-state index in [0.717, 1.165) is 121 Å². The van der Waals surface area contributed by atoms with Crippen LogP contribution in [0.15, 0.2) is 197 Å². The molecule has 0 amide bonds. The number of rotatable bonds is 3. The first-order valence-corrected chi connectivity index (χ1v) is 23.2. The molecule has 0 spiro atoms. The highest BCUT2D eigenvalue weighted by Crippen LogP contribution is 2.51. The molecule has 318 valence electrons. The van der Waals surface area contributed by atoms with Crippen molar-refractivity contribution in [3.63, 3.8) is 0 Å². The minimum atomic E-state index is -0.203. The van der Waals surface area contributed by atoms with Gasteiger partial charge in [-0.15, -0.1) is 0 Å². The monoisotopic (exact) mass is 871 g/mol. The van der Waals surface area contributed by atoms with E-state index in [-0.39, 0.29) is 5.41 Å². The van der Waals surface area contributed by atoms with Crippen LogP contribution in [0.3, 0.4) is 0 Å². The highest BCUT2D eigenvalue weighted by atomic mass is 16.3. The molecule has 16 rings (SSSR count). The molecule has 7 nitrogen and oxygen atoms in total. The number of benzene rings is 9. The van der Waals surface area contributed by atoms with Crippen molar-refractivity contribution in [2.45, 2.75) is 19.3 Å². The fourth-order valence-electron chi connectivity index (χ4n) is 12.0. The van der Waals surface area contributed by atoms with Gasteiger partial charge in [0.15, 0.2) is 0 Å². The van der Waals surface area contributed by atoms with E-state index in [2.05, 4.69) is 191 Å². The molecule has 0 atom stereocenters. The van der Waals surface area contributed by atoms with Gasteiger partial charge in [0.25, 0.3) is 0 Å². The Hall–Kier alpha value is -8.94. The van der Waals surface area contributed by atoms with Crippen LogP contribution in [0.4, 0.5) is 0 Å². The van der Waals surface area contributed by atoms with Crippen molar-refractivity contribution in [1.29, 1.82) is 0 Å². The average molecular weight is 872 g/mol. The summed E-state index contributed by atoms with van der Waals surface area (Å²) >= 11 is 0. The third-order valence-corrected chi connectivity index (χ3v) is 15.1. The summed E-state index contributed by atoms with van der Waals surface area (Å²) in [6.45, 7) is 4.68. The van der Waals surface area contributed by atoms with Gasteiger partial charge in [-0.05, 0) is 76.9 Å². The Morgan fingerprint density at radius 1 is 0.324 bits per heavy atom. The van der Waals surface area contributed by atoms with Crippen molar-refractivity contribution < 1.29 is 8.83 Å². The van der Waals surface area contributed by atoms with Gasteiger partial charge in [-0.25, -0.2) is 0 Å². The van der Waals surface area contributed by atoms with E-state index in [1.54, 1.807) is 0 Å². The molecule has 0 unspecified atom stereocenters. The molecule has 0 N–H and O–H groups in total. The molecule has 0 fully saturated rings. The van der Waals surface area contributed by atoms with E-state index >= 15 is 0 Å². The smallest absolute Gasteiger partial charge is 0.238 e. The lowest BCUT2D eigenvalue weighted by atomic mass is 9.82. The van der Waals surface area contributed by atoms with E-state index in [1.165, 1.54) is 22.3 Å². The Labute approximate surface area is 387 Å². The van der Waals surface area contributed by atoms with Crippen LogP contribution in [-0.2, 0) is 5.41 Å². The number of furan rings is 2. The summed E-state index contributed by atoms with van der Waals surface area (Å²) in [6.07, 6.45) is 0. The normalized spacial score (nSPS) is 13.6. The van der Waals surface area contributed by atoms with Gasteiger partial charge in [0.1, 0.15) is 34.0 Å². The Morgan fingerprint density at radius 3 is 1.32 bits per heavy atom. The Bertz CT molecular complexity index is 4520. The molecular formula is C61H37N5O2. The molecule has 7 heteroatoms. The predicted molar refractivity (Wildman–Crippen MR) is 277 cm³/mol. The molecule has 68 heavy (non-hydrogen) atoms. The van der Waals surface area contributed by atoms with E-state index in [0.29, 0.717) is 5.95 Å². The van der Waals surface area contributed by atoms with Crippen molar-refractivity contribution in [2.24, 2.45) is 0 Å². The van der Waals surface area contributed by atoms with Gasteiger partial charge in [-0.2, -0.15) is 9.97 Å². The number of hydrogen-bond acceptors (Lipinski definition) is 4. The molecule has 6 heterocycles. The van der Waals surface area contributed by atoms with E-state index in [9.17, 15) is 0 Å². The molecule has 1 aliphatic carbocycles. The highest BCUT2D eigenvalue weighted by molar-refractivity contribution is 6.19. The topological polar surface area (TPSA) is 66.8 Å². The second kappa shape index (κ2) is 12.7. The number of hydrogen-bond donors (Lipinski definition) is 0. The molecule has 0 aliphatic heterocycles. The second-order valence-electron chi connectivity index (χ2n) is 19.0. The van der Waals surface area contributed by atoms with Gasteiger partial charge in [0.2, 0.25) is 5.95 Å². The number of para-hydroxylation sites is 5. The van der Waals surface area contributed by atoms with Gasteiger partial charge in [-0.3, -0.25) is 13.7 Å². The molecule has 0 saturated carbocycles. The van der Waals surface area contributed by atoms with E-state index < -0.39 is 0 Å². The summed E-state index contributed by atoms with van der Waals surface area (Å²) in [5, 5.41) is 11.2. The second-order valence-corrected chi connectivity index (χ2v) is 19.0. The largest absolute Gasteiger partial charge is 0.456 e. The van der Waals surface area contributed by atoms with Crippen molar-refractivity contribution in [3.05, 3.63) is 199 Å². The van der Waals surface area contributed by atoms with Gasteiger partial charge in [-0.1, -0.05) is 129 Å². The van der Waals surface area contributed by atoms with Gasteiger partial charge in [0, 0.05) is 77.5 Å². The predicted octanol–water partition coefficient (Wildman–Crippen LogP) is 15.9. The van der Waals surface area contributed by atoms with Crippen molar-refractivity contribution >= 4 is 109 Å². The van der Waals surface area contributed by atoms with Gasteiger partial charge < -0.3 is 8.83 Å². The summed E-state index contributed by atoms with van der Waals surface area (Å²) in [5.41, 5.74) is 14.6. The van der Waals surface area contributed by atoms with Crippen LogP contribution in [0, 0.1) is 0 Å². The maximum atomic E-state index is 6.58. The summed E-state index contributed by atoms with van der Waals surface area (Å²) < 4.78 is 20.0. The first kappa shape index (κ1) is 36.3. The van der Waals surface area contributed by atoms with Crippen LogP contribution in [0.2, 0.25) is 0 Å². The Balaban J connectivity index is 1.05. The summed E-state index contributed by atoms with van der Waals surface area (Å²) in [6, 6.07) is 67.3. The first-order valence-electron chi connectivity index (χ1n) is 23.2. The van der Waals surface area contributed by atoms with Crippen molar-refractivity contribution in [1.82, 2.24) is 23.7 Å². The minimum Gasteiger partial charge on any atom is -0.456 e. The molecule has 1 aliphatic rings. The fourth-order valence-corrected chi connectivity index (χ4v) is 12.0. The van der Waals surface area contributed by atoms with Crippen molar-refractivity contribution in [2.75, 3.05) is 0 Å². The Kier molecular flexibility index (Phi) is 6.77. The van der Waals surface area contributed by atoms with Crippen LogP contribution in [0.5, 0.6) is 0 Å². The molecule has 0 bridgehead atoms. The highest BCUT2D eigenvalue weighted by Gasteiger charge is 2.36. The molecular weight excluding hydrogens is 835 g/mol. The number of nitrogens with zero attached hydrogens (tertiary/aromatic N) is 5. The summed E-state index contributed by atoms with van der Waals surface area (Å²) in [7, 11) is 0. The standard InChI is InChI=1S/C61H37N5O2/c1-61(2)46-21-9-3-15-34(46)40-27-41-37-18-6-12-24-50(37)66(51(41)30-47(40)61)60-62-58(64-48-22-10-4-16-35(48)42-28-44-38-19-7-13-25-54(38)67-56(44)31-52(42)64)33-59(63-60)65-49-23-11-5-17-36(49)43-29-45-39-20-8-14-26-55(39)68-57(45)32-53(43)65/h3-33H,1-2H3. The lowest BCUT2D eigenvalue weighted by Gasteiger charge is -2.21. The zero-order valence-corrected chi connectivity index (χ0v) is 37.0. The SMILES string of the molecule is CC1(C)c2ccccc2-c2cc3c4ccccc4n(-c4nc(-n5c6ccccc6c6cc7c(cc65)oc5ccccc57)cc(-n5c6ccccc6c6cc7c(cc65)oc5ccccc57)n4)c3cc21. The zero-order chi connectivity index (χ0) is 44.6. The molecule has 0 radical (unpaired) electrons. The average Bonchev–Trinajstić information content (AvgIpc) is 4.20. The van der Waals surface area contributed by atoms with Crippen LogP contribution in [0.1, 0.15) is 25.0 Å². The van der Waals surface area contributed by atoms with Gasteiger partial charge >= 0.3 is 0 Å². The minimum absolute atomic E-state index is 0.203. The quantitative estimate of drug-likeness (QED) is 0.177. The van der Waals surface area contributed by atoms with Gasteiger partial charge in [0.05, 0.1) is 33.1 Å². The third kappa shape index (κ3) is 4.62. The number of aromatic nitrogens is 5. The maximum absolute atomic E-state index is 6.58. The van der Waals surface area contributed by atoms with E-state index in [1.807, 2.05) is 24.3 Å². The van der Waals surface area contributed by atoms with E-state index in [4.69, 9.17) is 18.8 Å². The Morgan fingerprint density at radius 2 is 0.765 bits per heavy atom. The molecule has 6 aromatic heterocycles. The molecule has 15 aromatic rings. The first-order chi connectivity index (χ1) is 33.5. The molecule has 9 aromatic carbocycles. The third-order valence-electron chi connectivity index (χ3n) is 15.1. The van der Waals surface area contributed by atoms with Crippen molar-refractivity contribution in [3.8, 4) is 28.7 Å². The fraction of sp³-hybridized carbons (Fsp3) is 0.0492.